The number of nitrogens with one attached hydrogen (secondary N) is 1. The van der Waals surface area contributed by atoms with Crippen LogP contribution >= 0.6 is 0 Å². The molecule has 7 nitrogen and oxygen atoms in total. The first kappa shape index (κ1) is 18.1. The minimum Gasteiger partial charge on any atom is -0.381 e. The Morgan fingerprint density at radius 2 is 2.00 bits per heavy atom. The topological polar surface area (TPSA) is 80.2 Å². The molecule has 0 unspecified atom stereocenters. The molecule has 0 bridgehead atoms. The molecule has 7 heteroatoms. The Bertz CT molecular complexity index is 798. The minimum atomic E-state index is 0.190. The standard InChI is InChI=1S/C20H27N5O2/c1-14-22-18-13-21-7-2-17(18)20(23-14)25-8-3-15(4-9-25)12-19(26)24-16-5-10-27-11-6-16/h2,7,13,15-16H,3-6,8-12H2,1H3,(H,24,26). The lowest BCUT2D eigenvalue weighted by Gasteiger charge is -2.33. The number of nitrogens with zero attached hydrogens (tertiary/aromatic N) is 4. The van der Waals surface area contributed by atoms with Gasteiger partial charge < -0.3 is 15.0 Å². The van der Waals surface area contributed by atoms with Crippen LogP contribution in [0.2, 0.25) is 0 Å². The second-order valence-corrected chi connectivity index (χ2v) is 7.58. The van der Waals surface area contributed by atoms with Gasteiger partial charge in [0, 0.05) is 50.3 Å². The molecule has 0 aliphatic carbocycles. The Labute approximate surface area is 159 Å². The van der Waals surface area contributed by atoms with Crippen molar-refractivity contribution in [2.45, 2.75) is 45.1 Å². The van der Waals surface area contributed by atoms with Crippen molar-refractivity contribution in [3.8, 4) is 0 Å². The average Bonchev–Trinajstić information content (AvgIpc) is 2.68. The second-order valence-electron chi connectivity index (χ2n) is 7.58. The Balaban J connectivity index is 1.34. The van der Waals surface area contributed by atoms with Crippen LogP contribution in [0.3, 0.4) is 0 Å². The number of hydrogen-bond donors (Lipinski definition) is 1. The molecule has 2 aliphatic rings. The lowest BCUT2D eigenvalue weighted by Crippen LogP contribution is -2.41. The number of hydrogen-bond acceptors (Lipinski definition) is 6. The SMILES string of the molecule is Cc1nc(N2CCC(CC(=O)NC3CCOCC3)CC2)c2ccncc2n1. The number of aryl methyl sites for hydroxylation is 1. The number of rotatable bonds is 4. The van der Waals surface area contributed by atoms with Crippen LogP contribution in [0.1, 0.15) is 37.9 Å². The van der Waals surface area contributed by atoms with Crippen LogP contribution in [0.4, 0.5) is 5.82 Å². The van der Waals surface area contributed by atoms with Gasteiger partial charge in [0.25, 0.3) is 0 Å². The molecule has 144 valence electrons. The maximum Gasteiger partial charge on any atom is 0.220 e. The van der Waals surface area contributed by atoms with Gasteiger partial charge in [0.2, 0.25) is 5.91 Å². The molecule has 2 saturated heterocycles. The van der Waals surface area contributed by atoms with Gasteiger partial charge in [0.05, 0.1) is 11.7 Å². The monoisotopic (exact) mass is 369 g/mol. The summed E-state index contributed by atoms with van der Waals surface area (Å²) in [6, 6.07) is 2.27. The van der Waals surface area contributed by atoms with Crippen molar-refractivity contribution in [3.05, 3.63) is 24.3 Å². The molecule has 0 atom stereocenters. The van der Waals surface area contributed by atoms with Gasteiger partial charge in [0.1, 0.15) is 11.6 Å². The van der Waals surface area contributed by atoms with E-state index in [-0.39, 0.29) is 11.9 Å². The van der Waals surface area contributed by atoms with Gasteiger partial charge in [-0.25, -0.2) is 9.97 Å². The zero-order chi connectivity index (χ0) is 18.6. The minimum absolute atomic E-state index is 0.190. The molecule has 4 heterocycles. The van der Waals surface area contributed by atoms with Crippen molar-refractivity contribution in [1.29, 1.82) is 0 Å². The zero-order valence-corrected chi connectivity index (χ0v) is 15.9. The fourth-order valence-electron chi connectivity index (χ4n) is 4.06. The van der Waals surface area contributed by atoms with E-state index in [1.807, 2.05) is 13.0 Å². The summed E-state index contributed by atoms with van der Waals surface area (Å²) in [7, 11) is 0. The molecule has 1 N–H and O–H groups in total. The van der Waals surface area contributed by atoms with Gasteiger partial charge >= 0.3 is 0 Å². The molecule has 0 spiro atoms. The lowest BCUT2D eigenvalue weighted by atomic mass is 9.92. The van der Waals surface area contributed by atoms with E-state index in [2.05, 4.69) is 25.2 Å². The summed E-state index contributed by atoms with van der Waals surface area (Å²) < 4.78 is 5.35. The van der Waals surface area contributed by atoms with E-state index < -0.39 is 0 Å². The smallest absolute Gasteiger partial charge is 0.220 e. The Kier molecular flexibility index (Phi) is 5.48. The molecule has 0 saturated carbocycles. The van der Waals surface area contributed by atoms with Crippen molar-refractivity contribution in [1.82, 2.24) is 20.3 Å². The first-order valence-corrected chi connectivity index (χ1v) is 9.89. The third-order valence-electron chi connectivity index (χ3n) is 5.57. The molecule has 27 heavy (non-hydrogen) atoms. The predicted octanol–water partition coefficient (Wildman–Crippen LogP) is 2.23. The Morgan fingerprint density at radius 3 is 2.78 bits per heavy atom. The van der Waals surface area contributed by atoms with Crippen LogP contribution in [0.15, 0.2) is 18.5 Å². The molecule has 2 fully saturated rings. The number of piperidine rings is 1. The van der Waals surface area contributed by atoms with E-state index >= 15 is 0 Å². The normalized spacial score (nSPS) is 19.4. The number of ether oxygens (including phenoxy) is 1. The van der Waals surface area contributed by atoms with Crippen molar-refractivity contribution in [3.63, 3.8) is 0 Å². The summed E-state index contributed by atoms with van der Waals surface area (Å²) in [6.45, 7) is 5.27. The maximum atomic E-state index is 12.4. The second kappa shape index (κ2) is 8.17. The van der Waals surface area contributed by atoms with E-state index in [1.165, 1.54) is 0 Å². The highest BCUT2D eigenvalue weighted by molar-refractivity contribution is 5.88. The number of aromatic nitrogens is 3. The van der Waals surface area contributed by atoms with Crippen LogP contribution in [0, 0.1) is 12.8 Å². The van der Waals surface area contributed by atoms with E-state index in [1.54, 1.807) is 12.4 Å². The van der Waals surface area contributed by atoms with Gasteiger partial charge in [-0.1, -0.05) is 0 Å². The number of carbonyl (C=O) groups excluding carboxylic acids is 1. The van der Waals surface area contributed by atoms with Gasteiger partial charge in [-0.05, 0) is 44.6 Å². The fraction of sp³-hybridized carbons (Fsp3) is 0.600. The van der Waals surface area contributed by atoms with Crippen LogP contribution < -0.4 is 10.2 Å². The average molecular weight is 369 g/mol. The van der Waals surface area contributed by atoms with Crippen molar-refractivity contribution >= 4 is 22.6 Å². The highest BCUT2D eigenvalue weighted by Gasteiger charge is 2.25. The molecule has 4 rings (SSSR count). The maximum absolute atomic E-state index is 12.4. The predicted molar refractivity (Wildman–Crippen MR) is 104 cm³/mol. The van der Waals surface area contributed by atoms with E-state index in [0.29, 0.717) is 12.3 Å². The quantitative estimate of drug-likeness (QED) is 0.890. The number of anilines is 1. The Morgan fingerprint density at radius 1 is 1.22 bits per heavy atom. The number of amides is 1. The molecule has 2 aromatic rings. The fourth-order valence-corrected chi connectivity index (χ4v) is 4.06. The third kappa shape index (κ3) is 4.35. The van der Waals surface area contributed by atoms with Crippen LogP contribution in [0.25, 0.3) is 10.9 Å². The number of carbonyl (C=O) groups is 1. The van der Waals surface area contributed by atoms with Crippen LogP contribution in [0.5, 0.6) is 0 Å². The highest BCUT2D eigenvalue weighted by atomic mass is 16.5. The zero-order valence-electron chi connectivity index (χ0n) is 15.9. The van der Waals surface area contributed by atoms with E-state index in [4.69, 9.17) is 4.74 Å². The van der Waals surface area contributed by atoms with Crippen LogP contribution in [-0.2, 0) is 9.53 Å². The number of pyridine rings is 1. The van der Waals surface area contributed by atoms with E-state index in [9.17, 15) is 4.79 Å². The van der Waals surface area contributed by atoms with Crippen molar-refractivity contribution in [2.24, 2.45) is 5.92 Å². The third-order valence-corrected chi connectivity index (χ3v) is 5.57. The summed E-state index contributed by atoms with van der Waals surface area (Å²) in [5.74, 6) is 2.39. The molecule has 0 aromatic carbocycles. The van der Waals surface area contributed by atoms with Gasteiger partial charge in [-0.2, -0.15) is 0 Å². The molecular weight excluding hydrogens is 342 g/mol. The van der Waals surface area contributed by atoms with Crippen molar-refractivity contribution in [2.75, 3.05) is 31.2 Å². The largest absolute Gasteiger partial charge is 0.381 e. The molecular formula is C20H27N5O2. The Hall–Kier alpha value is -2.28. The summed E-state index contributed by atoms with van der Waals surface area (Å²) in [5.41, 5.74) is 0.887. The van der Waals surface area contributed by atoms with Gasteiger partial charge in [-0.15, -0.1) is 0 Å². The van der Waals surface area contributed by atoms with Gasteiger partial charge in [0.15, 0.2) is 0 Å². The lowest BCUT2D eigenvalue weighted by molar-refractivity contribution is -0.123. The highest BCUT2D eigenvalue weighted by Crippen LogP contribution is 2.28. The molecule has 1 amide bonds. The van der Waals surface area contributed by atoms with E-state index in [0.717, 1.165) is 74.5 Å². The number of fused-ring (bicyclic) bond motifs is 1. The van der Waals surface area contributed by atoms with Crippen molar-refractivity contribution < 1.29 is 9.53 Å². The first-order chi connectivity index (χ1) is 13.2. The summed E-state index contributed by atoms with van der Waals surface area (Å²) in [4.78, 5) is 28.0. The summed E-state index contributed by atoms with van der Waals surface area (Å²) in [5, 5.41) is 4.23. The van der Waals surface area contributed by atoms with Crippen LogP contribution in [-0.4, -0.2) is 53.2 Å². The molecule has 2 aliphatic heterocycles. The van der Waals surface area contributed by atoms with Gasteiger partial charge in [-0.3, -0.25) is 9.78 Å². The summed E-state index contributed by atoms with van der Waals surface area (Å²) in [6.07, 6.45) is 8.09. The summed E-state index contributed by atoms with van der Waals surface area (Å²) >= 11 is 0. The molecule has 0 radical (unpaired) electrons. The first-order valence-electron chi connectivity index (χ1n) is 9.89. The molecule has 2 aromatic heterocycles.